The summed E-state index contributed by atoms with van der Waals surface area (Å²) in [5.74, 6) is -1.39. The number of aryl methyl sites for hydroxylation is 2. The number of amides is 4. The van der Waals surface area contributed by atoms with Crippen molar-refractivity contribution in [2.24, 2.45) is 5.73 Å². The Labute approximate surface area is 256 Å². The van der Waals surface area contributed by atoms with Gasteiger partial charge in [0.15, 0.2) is 0 Å². The molecule has 0 aliphatic rings. The normalized spacial score (nSPS) is 12.6. The second-order valence-electron chi connectivity index (χ2n) is 12.1. The highest BCUT2D eigenvalue weighted by Gasteiger charge is 2.36. The highest BCUT2D eigenvalue weighted by molar-refractivity contribution is 5.92. The molecular formula is C34H50N4O5. The minimum absolute atomic E-state index is 0.0229. The summed E-state index contributed by atoms with van der Waals surface area (Å²) in [4.78, 5) is 54.6. The number of carbonyl (C=O) groups excluding carboxylic acids is 4. The van der Waals surface area contributed by atoms with Crippen molar-refractivity contribution in [1.29, 1.82) is 0 Å². The smallest absolute Gasteiger partial charge is 0.408 e. The number of nitrogens with two attached hydrogens (primary N) is 1. The third-order valence-corrected chi connectivity index (χ3v) is 7.05. The molecule has 2 rings (SSSR count). The van der Waals surface area contributed by atoms with E-state index in [-0.39, 0.29) is 18.7 Å². The van der Waals surface area contributed by atoms with Crippen molar-refractivity contribution in [3.8, 4) is 0 Å². The number of nitrogens with one attached hydrogen (secondary N) is 2. The van der Waals surface area contributed by atoms with Gasteiger partial charge in [0.1, 0.15) is 17.7 Å². The molecule has 0 fully saturated rings. The summed E-state index contributed by atoms with van der Waals surface area (Å²) < 4.78 is 5.43. The maximum absolute atomic E-state index is 14.4. The van der Waals surface area contributed by atoms with Gasteiger partial charge in [0.25, 0.3) is 0 Å². The Hall–Kier alpha value is -3.88. The van der Waals surface area contributed by atoms with Gasteiger partial charge < -0.3 is 26.0 Å². The number of hydrogen-bond acceptors (Lipinski definition) is 5. The molecule has 4 amide bonds. The van der Waals surface area contributed by atoms with Gasteiger partial charge in [-0.25, -0.2) is 4.79 Å². The molecule has 0 aliphatic heterocycles. The first-order valence-electron chi connectivity index (χ1n) is 15.3. The minimum atomic E-state index is -1.12. The van der Waals surface area contributed by atoms with E-state index in [4.69, 9.17) is 10.5 Å². The van der Waals surface area contributed by atoms with Crippen molar-refractivity contribution in [1.82, 2.24) is 15.5 Å². The lowest BCUT2D eigenvalue weighted by Crippen LogP contribution is -2.53. The number of hydrogen-bond donors (Lipinski definition) is 3. The number of unbranched alkanes of at least 4 members (excludes halogenated alkanes) is 4. The average Bonchev–Trinajstić information content (AvgIpc) is 2.94. The Morgan fingerprint density at radius 3 is 2.26 bits per heavy atom. The van der Waals surface area contributed by atoms with E-state index in [0.717, 1.165) is 42.4 Å². The molecule has 2 unspecified atom stereocenters. The lowest BCUT2D eigenvalue weighted by molar-refractivity contribution is -0.143. The van der Waals surface area contributed by atoms with Crippen molar-refractivity contribution < 1.29 is 23.9 Å². The summed E-state index contributed by atoms with van der Waals surface area (Å²) in [6.45, 7) is 11.8. The topological polar surface area (TPSA) is 131 Å². The van der Waals surface area contributed by atoms with E-state index >= 15 is 0 Å². The number of carbonyl (C=O) groups is 4. The molecule has 2 atom stereocenters. The van der Waals surface area contributed by atoms with Crippen molar-refractivity contribution in [3.05, 3.63) is 70.8 Å². The first-order chi connectivity index (χ1) is 20.3. The lowest BCUT2D eigenvalue weighted by Gasteiger charge is -2.35. The summed E-state index contributed by atoms with van der Waals surface area (Å²) in [6, 6.07) is 13.3. The van der Waals surface area contributed by atoms with Gasteiger partial charge >= 0.3 is 6.09 Å². The molecule has 4 N–H and O–H groups in total. The Balaban J connectivity index is 2.54. The van der Waals surface area contributed by atoms with Crippen LogP contribution >= 0.6 is 0 Å². The molecule has 0 heterocycles. The van der Waals surface area contributed by atoms with Gasteiger partial charge in [-0.1, -0.05) is 86.7 Å². The predicted molar refractivity (Wildman–Crippen MR) is 169 cm³/mol. The maximum atomic E-state index is 14.4. The lowest BCUT2D eigenvalue weighted by atomic mass is 9.95. The van der Waals surface area contributed by atoms with Crippen molar-refractivity contribution in [2.75, 3.05) is 6.54 Å². The summed E-state index contributed by atoms with van der Waals surface area (Å²) in [5, 5.41) is 5.69. The van der Waals surface area contributed by atoms with Crippen LogP contribution < -0.4 is 16.4 Å². The van der Waals surface area contributed by atoms with E-state index in [1.165, 1.54) is 0 Å². The summed E-state index contributed by atoms with van der Waals surface area (Å²) in [5.41, 5.74) is 8.10. The number of ether oxygens (including phenoxy) is 1. The molecule has 9 nitrogen and oxygen atoms in total. The van der Waals surface area contributed by atoms with Crippen LogP contribution in [0.1, 0.15) is 101 Å². The highest BCUT2D eigenvalue weighted by Crippen LogP contribution is 2.28. The van der Waals surface area contributed by atoms with Gasteiger partial charge in [-0.2, -0.15) is 0 Å². The minimum Gasteiger partial charge on any atom is -0.444 e. The fraction of sp³-hybridized carbons (Fsp3) is 0.529. The van der Waals surface area contributed by atoms with Crippen LogP contribution in [0.5, 0.6) is 0 Å². The number of alkyl carbamates (subject to hydrolysis) is 1. The second-order valence-corrected chi connectivity index (χ2v) is 12.1. The van der Waals surface area contributed by atoms with Gasteiger partial charge in [-0.15, -0.1) is 0 Å². The molecule has 0 saturated carbocycles. The molecule has 0 radical (unpaired) electrons. The molecule has 43 heavy (non-hydrogen) atoms. The van der Waals surface area contributed by atoms with Gasteiger partial charge in [0.2, 0.25) is 17.7 Å². The fourth-order valence-electron chi connectivity index (χ4n) is 4.83. The molecule has 0 spiro atoms. The zero-order chi connectivity index (χ0) is 32.0. The van der Waals surface area contributed by atoms with Crippen LogP contribution in [0.3, 0.4) is 0 Å². The molecule has 0 saturated heterocycles. The van der Waals surface area contributed by atoms with Crippen LogP contribution in [0.4, 0.5) is 4.79 Å². The zero-order valence-corrected chi connectivity index (χ0v) is 26.7. The molecule has 236 valence electrons. The molecule has 2 aromatic rings. The third kappa shape index (κ3) is 12.5. The number of benzene rings is 2. The number of nitrogens with zero attached hydrogens (tertiary/aromatic N) is 1. The molecule has 0 aromatic heterocycles. The van der Waals surface area contributed by atoms with E-state index in [2.05, 4.69) is 17.6 Å². The molecule has 9 heteroatoms. The van der Waals surface area contributed by atoms with Crippen molar-refractivity contribution in [3.63, 3.8) is 0 Å². The maximum Gasteiger partial charge on any atom is 0.408 e. The van der Waals surface area contributed by atoms with Crippen LogP contribution in [0.15, 0.2) is 48.5 Å². The van der Waals surface area contributed by atoms with Crippen LogP contribution in [0.25, 0.3) is 0 Å². The second kappa shape index (κ2) is 17.3. The van der Waals surface area contributed by atoms with Crippen LogP contribution in [-0.4, -0.2) is 46.9 Å². The van der Waals surface area contributed by atoms with Gasteiger partial charge in [-0.05, 0) is 64.2 Å². The summed E-state index contributed by atoms with van der Waals surface area (Å²) in [7, 11) is 0. The Kier molecular flexibility index (Phi) is 14.2. The zero-order valence-electron chi connectivity index (χ0n) is 26.7. The van der Waals surface area contributed by atoms with Crippen LogP contribution in [0, 0.1) is 13.8 Å². The molecule has 2 aromatic carbocycles. The van der Waals surface area contributed by atoms with Crippen molar-refractivity contribution in [2.45, 2.75) is 111 Å². The standard InChI is InChI=1S/C34H50N4O5/c1-7-8-9-10-14-21-38(32(41)28(19-20-29(35)39)37-33(42)43-34(4,5)6)30(27-22-24(2)17-18-25(27)3)31(40)36-23-26-15-12-11-13-16-26/h11-13,15-18,22,28,30H,7-10,14,19-21,23H2,1-6H3,(H2,35,39)(H,36,40)(H,37,42). The molecule has 0 bridgehead atoms. The predicted octanol–water partition coefficient (Wildman–Crippen LogP) is 5.62. The first kappa shape index (κ1) is 35.3. The SMILES string of the molecule is CCCCCCCN(C(=O)C(CCC(N)=O)NC(=O)OC(C)(C)C)C(C(=O)NCc1ccccc1)c1cc(C)ccc1C. The molecular weight excluding hydrogens is 544 g/mol. The summed E-state index contributed by atoms with van der Waals surface area (Å²) in [6.07, 6.45) is 3.79. The van der Waals surface area contributed by atoms with E-state index < -0.39 is 35.6 Å². The highest BCUT2D eigenvalue weighted by atomic mass is 16.6. The van der Waals surface area contributed by atoms with E-state index in [1.54, 1.807) is 25.7 Å². The van der Waals surface area contributed by atoms with Gasteiger partial charge in [-0.3, -0.25) is 14.4 Å². The summed E-state index contributed by atoms with van der Waals surface area (Å²) >= 11 is 0. The van der Waals surface area contributed by atoms with E-state index in [9.17, 15) is 19.2 Å². The van der Waals surface area contributed by atoms with Crippen molar-refractivity contribution >= 4 is 23.8 Å². The Morgan fingerprint density at radius 2 is 1.63 bits per heavy atom. The fourth-order valence-corrected chi connectivity index (χ4v) is 4.83. The van der Waals surface area contributed by atoms with Gasteiger partial charge in [0.05, 0.1) is 0 Å². The third-order valence-electron chi connectivity index (χ3n) is 7.05. The number of rotatable bonds is 16. The molecule has 0 aliphatic carbocycles. The average molecular weight is 595 g/mol. The van der Waals surface area contributed by atoms with Crippen LogP contribution in [0.2, 0.25) is 0 Å². The van der Waals surface area contributed by atoms with E-state index in [1.807, 2.05) is 62.4 Å². The van der Waals surface area contributed by atoms with E-state index in [0.29, 0.717) is 25.1 Å². The number of primary amides is 1. The largest absolute Gasteiger partial charge is 0.444 e. The van der Waals surface area contributed by atoms with Crippen LogP contribution in [-0.2, 0) is 25.7 Å². The first-order valence-corrected chi connectivity index (χ1v) is 15.3. The Bertz CT molecular complexity index is 1210. The monoisotopic (exact) mass is 594 g/mol. The Morgan fingerprint density at radius 1 is 0.953 bits per heavy atom. The quantitative estimate of drug-likeness (QED) is 0.217. The van der Waals surface area contributed by atoms with Gasteiger partial charge in [0, 0.05) is 19.5 Å².